The van der Waals surface area contributed by atoms with E-state index >= 15 is 0 Å². The molecule has 0 spiro atoms. The summed E-state index contributed by atoms with van der Waals surface area (Å²) in [4.78, 5) is 0. The van der Waals surface area contributed by atoms with Gasteiger partial charge in [0.25, 0.3) is 0 Å². The summed E-state index contributed by atoms with van der Waals surface area (Å²) in [6.07, 6.45) is 1.45. The summed E-state index contributed by atoms with van der Waals surface area (Å²) < 4.78 is 33.7. The Kier molecular flexibility index (Phi) is 14.3. The molecule has 25 heavy (non-hydrogen) atoms. The lowest BCUT2D eigenvalue weighted by molar-refractivity contribution is 0.0707. The van der Waals surface area contributed by atoms with Gasteiger partial charge in [-0.15, -0.1) is 0 Å². The summed E-state index contributed by atoms with van der Waals surface area (Å²) in [5.41, 5.74) is 6.13. The van der Waals surface area contributed by atoms with Crippen molar-refractivity contribution in [2.45, 2.75) is 51.9 Å². The van der Waals surface area contributed by atoms with E-state index in [-0.39, 0.29) is 6.17 Å². The molecule has 1 unspecified atom stereocenters. The van der Waals surface area contributed by atoms with Gasteiger partial charge in [-0.25, -0.2) is 0 Å². The van der Waals surface area contributed by atoms with Crippen molar-refractivity contribution >= 4 is 17.6 Å². The standard InChI is InChI=1S/C15H38N2O6Si2/c1-7-21-25(22-8-2,23-9-3)13-10-12-17-15(16)11-14-24(18-4,19-5)20-6/h15,17H,7-14,16H2,1-6H3. The van der Waals surface area contributed by atoms with Crippen LogP contribution < -0.4 is 11.1 Å². The van der Waals surface area contributed by atoms with Crippen LogP contribution in [-0.4, -0.2) is 71.5 Å². The van der Waals surface area contributed by atoms with Crippen LogP contribution >= 0.6 is 0 Å². The number of nitrogens with two attached hydrogens (primary N) is 1. The maximum atomic E-state index is 6.13. The van der Waals surface area contributed by atoms with E-state index in [4.69, 9.17) is 32.3 Å². The van der Waals surface area contributed by atoms with Crippen LogP contribution in [0.3, 0.4) is 0 Å². The molecule has 10 heteroatoms. The molecule has 3 N–H and O–H groups in total. The van der Waals surface area contributed by atoms with Crippen LogP contribution in [0.2, 0.25) is 12.1 Å². The fraction of sp³-hybridized carbons (Fsp3) is 1.00. The minimum absolute atomic E-state index is 0.144. The van der Waals surface area contributed by atoms with Gasteiger partial charge in [0.1, 0.15) is 0 Å². The van der Waals surface area contributed by atoms with Gasteiger partial charge >= 0.3 is 17.6 Å². The predicted octanol–water partition coefficient (Wildman–Crippen LogP) is 1.57. The van der Waals surface area contributed by atoms with Crippen molar-refractivity contribution in [3.63, 3.8) is 0 Å². The van der Waals surface area contributed by atoms with Crippen LogP contribution in [0, 0.1) is 0 Å². The second-order valence-corrected chi connectivity index (χ2v) is 11.3. The van der Waals surface area contributed by atoms with Crippen LogP contribution in [-0.2, 0) is 26.6 Å². The van der Waals surface area contributed by atoms with Gasteiger partial charge in [-0.1, -0.05) is 0 Å². The number of nitrogens with one attached hydrogen (secondary N) is 1. The Morgan fingerprint density at radius 1 is 0.800 bits per heavy atom. The summed E-state index contributed by atoms with van der Waals surface area (Å²) in [5, 5.41) is 3.32. The van der Waals surface area contributed by atoms with Crippen molar-refractivity contribution in [1.29, 1.82) is 0 Å². The first-order valence-electron chi connectivity index (χ1n) is 9.03. The average molecular weight is 399 g/mol. The van der Waals surface area contributed by atoms with E-state index in [0.717, 1.165) is 19.0 Å². The van der Waals surface area contributed by atoms with E-state index in [1.54, 1.807) is 21.3 Å². The highest BCUT2D eigenvalue weighted by atomic mass is 28.4. The number of rotatable bonds is 17. The maximum absolute atomic E-state index is 6.13. The third-order valence-corrected chi connectivity index (χ3v) is 9.77. The largest absolute Gasteiger partial charge is 0.500 e. The first-order valence-corrected chi connectivity index (χ1v) is 12.9. The Labute approximate surface area is 155 Å². The van der Waals surface area contributed by atoms with Gasteiger partial charge in [0.15, 0.2) is 0 Å². The summed E-state index contributed by atoms with van der Waals surface area (Å²) in [6, 6.07) is 1.44. The molecule has 0 rings (SSSR count). The van der Waals surface area contributed by atoms with E-state index in [9.17, 15) is 0 Å². The highest BCUT2D eigenvalue weighted by molar-refractivity contribution is 6.61. The van der Waals surface area contributed by atoms with Crippen LogP contribution in [0.15, 0.2) is 0 Å². The first-order chi connectivity index (χ1) is 12.0. The molecule has 0 aliphatic heterocycles. The Morgan fingerprint density at radius 3 is 1.68 bits per heavy atom. The zero-order valence-electron chi connectivity index (χ0n) is 16.8. The molecule has 0 heterocycles. The highest BCUT2D eigenvalue weighted by Gasteiger charge is 2.40. The van der Waals surface area contributed by atoms with Gasteiger partial charge in [-0.05, 0) is 40.2 Å². The molecular formula is C15H38N2O6Si2. The number of hydrogen-bond acceptors (Lipinski definition) is 8. The Morgan fingerprint density at radius 2 is 1.28 bits per heavy atom. The third-order valence-electron chi connectivity index (χ3n) is 3.85. The van der Waals surface area contributed by atoms with Crippen molar-refractivity contribution in [2.75, 3.05) is 47.7 Å². The van der Waals surface area contributed by atoms with Gasteiger partial charge in [0.2, 0.25) is 0 Å². The summed E-state index contributed by atoms with van der Waals surface area (Å²) in [5.74, 6) is 0. The van der Waals surface area contributed by atoms with Gasteiger partial charge < -0.3 is 37.6 Å². The SMILES string of the molecule is CCO[Si](CCCNC(N)CC[Si](OC)(OC)OC)(OCC)OCC. The average Bonchev–Trinajstić information content (AvgIpc) is 2.61. The summed E-state index contributed by atoms with van der Waals surface area (Å²) in [7, 11) is -0.304. The van der Waals surface area contributed by atoms with Crippen LogP contribution in [0.25, 0.3) is 0 Å². The van der Waals surface area contributed by atoms with Crippen LogP contribution in [0.4, 0.5) is 0 Å². The predicted molar refractivity (Wildman–Crippen MR) is 102 cm³/mol. The molecular weight excluding hydrogens is 360 g/mol. The molecule has 0 aromatic rings. The van der Waals surface area contributed by atoms with Gasteiger partial charge in [-0.2, -0.15) is 0 Å². The lowest BCUT2D eigenvalue weighted by Crippen LogP contribution is -2.48. The molecule has 152 valence electrons. The molecule has 0 bridgehead atoms. The summed E-state index contributed by atoms with van der Waals surface area (Å²) in [6.45, 7) is 8.44. The zero-order valence-corrected chi connectivity index (χ0v) is 18.8. The fourth-order valence-electron chi connectivity index (χ4n) is 2.58. The topological polar surface area (TPSA) is 93.4 Å². The Bertz CT molecular complexity index is 299. The number of hydrogen-bond donors (Lipinski definition) is 2. The minimum Gasteiger partial charge on any atom is -0.377 e. The van der Waals surface area contributed by atoms with Crippen LogP contribution in [0.5, 0.6) is 0 Å². The third kappa shape index (κ3) is 9.56. The molecule has 0 aromatic heterocycles. The van der Waals surface area contributed by atoms with Gasteiger partial charge in [0, 0.05) is 53.2 Å². The zero-order chi connectivity index (χ0) is 19.2. The van der Waals surface area contributed by atoms with Crippen molar-refractivity contribution in [3.05, 3.63) is 0 Å². The summed E-state index contributed by atoms with van der Waals surface area (Å²) >= 11 is 0. The smallest absolute Gasteiger partial charge is 0.377 e. The fourth-order valence-corrected chi connectivity index (χ4v) is 6.97. The lowest BCUT2D eigenvalue weighted by atomic mass is 10.3. The molecule has 0 amide bonds. The van der Waals surface area contributed by atoms with Crippen molar-refractivity contribution in [1.82, 2.24) is 5.32 Å². The lowest BCUT2D eigenvalue weighted by Gasteiger charge is -2.29. The van der Waals surface area contributed by atoms with Crippen LogP contribution in [0.1, 0.15) is 33.6 Å². The minimum atomic E-state index is -2.57. The molecule has 0 aliphatic carbocycles. The van der Waals surface area contributed by atoms with E-state index in [1.807, 2.05) is 20.8 Å². The van der Waals surface area contributed by atoms with E-state index in [2.05, 4.69) is 5.32 Å². The first kappa shape index (κ1) is 25.1. The Hall–Kier alpha value is 0.114. The molecule has 0 fully saturated rings. The Balaban J connectivity index is 4.26. The maximum Gasteiger partial charge on any atom is 0.500 e. The van der Waals surface area contributed by atoms with Crippen molar-refractivity contribution < 1.29 is 26.6 Å². The van der Waals surface area contributed by atoms with Gasteiger partial charge in [0.05, 0.1) is 6.17 Å². The van der Waals surface area contributed by atoms with E-state index in [0.29, 0.717) is 32.3 Å². The molecule has 0 aromatic carbocycles. The molecule has 8 nitrogen and oxygen atoms in total. The molecule has 1 atom stereocenters. The highest BCUT2D eigenvalue weighted by Crippen LogP contribution is 2.18. The monoisotopic (exact) mass is 398 g/mol. The molecule has 0 saturated carbocycles. The second kappa shape index (κ2) is 14.2. The second-order valence-electron chi connectivity index (χ2n) is 5.48. The normalized spacial score (nSPS) is 14.0. The van der Waals surface area contributed by atoms with E-state index < -0.39 is 17.6 Å². The van der Waals surface area contributed by atoms with E-state index in [1.165, 1.54) is 0 Å². The molecule has 0 saturated heterocycles. The van der Waals surface area contributed by atoms with Crippen molar-refractivity contribution in [3.8, 4) is 0 Å². The van der Waals surface area contributed by atoms with Gasteiger partial charge in [-0.3, -0.25) is 0 Å². The molecule has 0 aliphatic rings. The quantitative estimate of drug-likeness (QED) is 0.217. The molecule has 0 radical (unpaired) electrons. The van der Waals surface area contributed by atoms with Crippen molar-refractivity contribution in [2.24, 2.45) is 5.73 Å².